The Morgan fingerprint density at radius 1 is 0.733 bits per heavy atom. The highest BCUT2D eigenvalue weighted by atomic mass is 32.1. The molecule has 2 aliphatic rings. The minimum absolute atomic E-state index is 0.123. The van der Waals surface area contributed by atoms with Crippen molar-refractivity contribution in [1.82, 2.24) is 9.80 Å². The minimum Gasteiger partial charge on any atom is -0.306 e. The quantitative estimate of drug-likeness (QED) is 0.659. The molecular formula is C22H22B2N2O2S2. The van der Waals surface area contributed by atoms with Crippen molar-refractivity contribution in [3.63, 3.8) is 0 Å². The topological polar surface area (TPSA) is 40.6 Å². The molecule has 0 unspecified atom stereocenters. The summed E-state index contributed by atoms with van der Waals surface area (Å²) in [5.41, 5.74) is 2.35. The first-order valence-electron chi connectivity index (χ1n) is 10.0. The second kappa shape index (κ2) is 7.89. The molecule has 0 spiro atoms. The molecule has 2 amide bonds. The third-order valence-corrected chi connectivity index (χ3v) is 6.84. The molecule has 2 aromatic rings. The Balaban J connectivity index is 1.98. The van der Waals surface area contributed by atoms with Gasteiger partial charge in [-0.05, 0) is 33.5 Å². The van der Waals surface area contributed by atoms with Gasteiger partial charge in [-0.1, -0.05) is 39.8 Å². The summed E-state index contributed by atoms with van der Waals surface area (Å²) in [7, 11) is 12.0. The average molecular weight is 432 g/mol. The Kier molecular flexibility index (Phi) is 5.58. The largest absolute Gasteiger partial charge is 0.306 e. The summed E-state index contributed by atoms with van der Waals surface area (Å²) in [6.07, 6.45) is 0. The number of fused-ring (bicyclic) bond motifs is 1. The molecule has 30 heavy (non-hydrogen) atoms. The molecule has 4 heterocycles. The molecule has 4 nitrogen and oxygen atoms in total. The van der Waals surface area contributed by atoms with Crippen LogP contribution in [-0.4, -0.2) is 50.4 Å². The molecule has 0 aromatic carbocycles. The van der Waals surface area contributed by atoms with Crippen molar-refractivity contribution in [2.45, 2.75) is 27.7 Å². The maximum Gasteiger partial charge on any atom is 0.261 e. The molecule has 0 aliphatic carbocycles. The average Bonchev–Trinajstić information content (AvgIpc) is 3.38. The monoisotopic (exact) mass is 432 g/mol. The van der Waals surface area contributed by atoms with Crippen LogP contribution in [0, 0.1) is 11.8 Å². The van der Waals surface area contributed by atoms with Crippen LogP contribution >= 0.6 is 22.7 Å². The molecule has 0 fully saturated rings. The Labute approximate surface area is 188 Å². The van der Waals surface area contributed by atoms with Crippen molar-refractivity contribution in [1.29, 1.82) is 0 Å². The lowest BCUT2D eigenvalue weighted by molar-refractivity contribution is -0.124. The molecule has 0 saturated heterocycles. The first-order chi connectivity index (χ1) is 14.2. The fourth-order valence-electron chi connectivity index (χ4n) is 3.95. The first kappa shape index (κ1) is 21.2. The number of amides is 2. The molecule has 0 N–H and O–H groups in total. The van der Waals surface area contributed by atoms with Gasteiger partial charge in [-0.15, -0.1) is 0 Å². The van der Waals surface area contributed by atoms with Gasteiger partial charge in [-0.2, -0.15) is 22.7 Å². The zero-order valence-corrected chi connectivity index (χ0v) is 19.2. The second-order valence-electron chi connectivity index (χ2n) is 8.47. The molecule has 0 atom stereocenters. The molecule has 2 aromatic heterocycles. The first-order valence-corrected chi connectivity index (χ1v) is 11.7. The standard InChI is InChI=1S/C22H22B2N2O2S2/c1-11(2)9-25-19(13-5-7-15(23)29-13)17-18(21(25)27)20(14-6-8-16(24)30-14)26(22(17)28)10-12(3)4/h5-8,11-12H,9-10H2,1-4H3. The highest BCUT2D eigenvalue weighted by Gasteiger charge is 2.49. The van der Waals surface area contributed by atoms with Crippen molar-refractivity contribution in [2.24, 2.45) is 11.8 Å². The Bertz CT molecular complexity index is 1010. The maximum absolute atomic E-state index is 13.7. The summed E-state index contributed by atoms with van der Waals surface area (Å²) in [5, 5.41) is 0. The summed E-state index contributed by atoms with van der Waals surface area (Å²) >= 11 is 2.80. The summed E-state index contributed by atoms with van der Waals surface area (Å²) in [6, 6.07) is 7.43. The van der Waals surface area contributed by atoms with E-state index in [9.17, 15) is 9.59 Å². The Morgan fingerprint density at radius 2 is 1.10 bits per heavy atom. The highest BCUT2D eigenvalue weighted by molar-refractivity contribution is 7.21. The number of nitrogens with zero attached hydrogens (tertiary/aromatic N) is 2. The fourth-order valence-corrected chi connectivity index (χ4v) is 5.62. The zero-order valence-electron chi connectivity index (χ0n) is 17.6. The lowest BCUT2D eigenvalue weighted by atomic mass is 10.1. The summed E-state index contributed by atoms with van der Waals surface area (Å²) in [6.45, 7) is 9.33. The molecule has 4 radical (unpaired) electrons. The van der Waals surface area contributed by atoms with Gasteiger partial charge < -0.3 is 9.80 Å². The Morgan fingerprint density at radius 3 is 1.37 bits per heavy atom. The van der Waals surface area contributed by atoms with E-state index in [1.54, 1.807) is 9.80 Å². The molecular weight excluding hydrogens is 410 g/mol. The summed E-state index contributed by atoms with van der Waals surface area (Å²) < 4.78 is 1.31. The number of carbonyl (C=O) groups is 2. The SMILES string of the molecule is [B]c1ccc(C2=C3C(=O)N(CC(C)C)C(c4ccc([B])s4)=C3C(=O)N2CC(C)C)s1. The third-order valence-electron chi connectivity index (χ3n) is 5.00. The third kappa shape index (κ3) is 3.50. The number of rotatable bonds is 6. The lowest BCUT2D eigenvalue weighted by Gasteiger charge is -2.26. The molecule has 0 bridgehead atoms. The molecule has 2 aliphatic heterocycles. The van der Waals surface area contributed by atoms with Crippen molar-refractivity contribution < 1.29 is 9.59 Å². The van der Waals surface area contributed by atoms with E-state index in [0.717, 1.165) is 9.75 Å². The van der Waals surface area contributed by atoms with Crippen LogP contribution in [0.25, 0.3) is 11.4 Å². The molecule has 4 rings (SSSR count). The van der Waals surface area contributed by atoms with Crippen LogP contribution in [0.2, 0.25) is 0 Å². The van der Waals surface area contributed by atoms with Crippen molar-refractivity contribution in [2.75, 3.05) is 13.1 Å². The van der Waals surface area contributed by atoms with Gasteiger partial charge in [0.2, 0.25) is 0 Å². The minimum atomic E-state index is -0.123. The van der Waals surface area contributed by atoms with Crippen LogP contribution in [-0.2, 0) is 9.59 Å². The van der Waals surface area contributed by atoms with Gasteiger partial charge in [0.1, 0.15) is 15.7 Å². The fraction of sp³-hybridized carbons (Fsp3) is 0.364. The smallest absolute Gasteiger partial charge is 0.261 e. The van der Waals surface area contributed by atoms with Crippen LogP contribution in [0.1, 0.15) is 37.4 Å². The Hall–Kier alpha value is -2.05. The van der Waals surface area contributed by atoms with Crippen LogP contribution in [0.15, 0.2) is 35.4 Å². The van der Waals surface area contributed by atoms with Gasteiger partial charge in [-0.25, -0.2) is 0 Å². The van der Waals surface area contributed by atoms with Crippen LogP contribution in [0.3, 0.4) is 0 Å². The predicted molar refractivity (Wildman–Crippen MR) is 126 cm³/mol. The molecule has 0 saturated carbocycles. The summed E-state index contributed by atoms with van der Waals surface area (Å²) in [4.78, 5) is 32.5. The van der Waals surface area contributed by atoms with Crippen LogP contribution in [0.5, 0.6) is 0 Å². The van der Waals surface area contributed by atoms with Gasteiger partial charge >= 0.3 is 0 Å². The van der Waals surface area contributed by atoms with Crippen molar-refractivity contribution in [3.8, 4) is 0 Å². The van der Waals surface area contributed by atoms with Crippen LogP contribution in [0.4, 0.5) is 0 Å². The van der Waals surface area contributed by atoms with Gasteiger partial charge in [0.25, 0.3) is 11.8 Å². The van der Waals surface area contributed by atoms with E-state index in [4.69, 9.17) is 15.7 Å². The lowest BCUT2D eigenvalue weighted by Crippen LogP contribution is -2.33. The van der Waals surface area contributed by atoms with Gasteiger partial charge in [0.05, 0.1) is 32.3 Å². The zero-order chi connectivity index (χ0) is 21.7. The van der Waals surface area contributed by atoms with Gasteiger partial charge in [-0.3, -0.25) is 9.59 Å². The molecule has 150 valence electrons. The highest BCUT2D eigenvalue weighted by Crippen LogP contribution is 2.47. The molecule has 8 heteroatoms. The second-order valence-corrected chi connectivity index (χ2v) is 10.7. The number of hydrogen-bond donors (Lipinski definition) is 0. The van der Waals surface area contributed by atoms with E-state index in [1.807, 2.05) is 24.3 Å². The number of carbonyl (C=O) groups excluding carboxylic acids is 2. The van der Waals surface area contributed by atoms with Crippen molar-refractivity contribution in [3.05, 3.63) is 45.2 Å². The van der Waals surface area contributed by atoms with Crippen LogP contribution < -0.4 is 9.55 Å². The van der Waals surface area contributed by atoms with Gasteiger partial charge in [0, 0.05) is 13.1 Å². The summed E-state index contributed by atoms with van der Waals surface area (Å²) in [5.74, 6) is 0.262. The van der Waals surface area contributed by atoms with E-state index in [-0.39, 0.29) is 23.7 Å². The van der Waals surface area contributed by atoms with E-state index in [0.29, 0.717) is 45.2 Å². The van der Waals surface area contributed by atoms with E-state index in [2.05, 4.69) is 27.7 Å². The van der Waals surface area contributed by atoms with E-state index >= 15 is 0 Å². The van der Waals surface area contributed by atoms with Crippen molar-refractivity contribution >= 4 is 71.1 Å². The van der Waals surface area contributed by atoms with E-state index in [1.165, 1.54) is 22.7 Å². The maximum atomic E-state index is 13.7. The number of hydrogen-bond acceptors (Lipinski definition) is 4. The normalized spacial score (nSPS) is 16.9. The predicted octanol–water partition coefficient (Wildman–Crippen LogP) is 2.52. The van der Waals surface area contributed by atoms with E-state index < -0.39 is 0 Å². The van der Waals surface area contributed by atoms with Gasteiger partial charge in [0.15, 0.2) is 0 Å². The number of thiophene rings is 2.